The van der Waals surface area contributed by atoms with Gasteiger partial charge in [0.2, 0.25) is 0 Å². The second-order valence-corrected chi connectivity index (χ2v) is 10.7. The van der Waals surface area contributed by atoms with Gasteiger partial charge in [-0.05, 0) is 25.7 Å². The molecule has 1 aliphatic rings. The summed E-state index contributed by atoms with van der Waals surface area (Å²) in [5.74, 6) is 0. The van der Waals surface area contributed by atoms with Crippen LogP contribution in [0.4, 0.5) is 0 Å². The maximum atomic E-state index is 2.31. The predicted molar refractivity (Wildman–Crippen MR) is 137 cm³/mol. The van der Waals surface area contributed by atoms with E-state index < -0.39 is 0 Å². The monoisotopic (exact) mass is 422 g/mol. The van der Waals surface area contributed by atoms with Gasteiger partial charge >= 0.3 is 0 Å². The third kappa shape index (κ3) is 15.7. The molecule has 0 bridgehead atoms. The van der Waals surface area contributed by atoms with E-state index in [1.165, 1.54) is 178 Å². The molecule has 0 aromatic rings. The van der Waals surface area contributed by atoms with E-state index in [2.05, 4.69) is 13.8 Å². The Balaban J connectivity index is 1.94. The highest BCUT2D eigenvalue weighted by Gasteiger charge is 2.30. The highest BCUT2D eigenvalue weighted by atomic mass is 15.4. The number of hydrogen-bond acceptors (Lipinski definition) is 0. The Morgan fingerprint density at radius 3 is 0.933 bits per heavy atom. The minimum atomic E-state index is 1.37. The number of rotatable bonds is 23. The molecule has 0 aromatic carbocycles. The second-order valence-electron chi connectivity index (χ2n) is 10.7. The van der Waals surface area contributed by atoms with E-state index in [-0.39, 0.29) is 0 Å². The first kappa shape index (κ1) is 28.0. The molecule has 0 aromatic heterocycles. The molecule has 0 unspecified atom stereocenters. The van der Waals surface area contributed by atoms with Crippen molar-refractivity contribution in [1.82, 2.24) is 0 Å². The first-order valence-electron chi connectivity index (χ1n) is 14.7. The lowest BCUT2D eigenvalue weighted by Crippen LogP contribution is -2.46. The third-order valence-electron chi connectivity index (χ3n) is 7.74. The van der Waals surface area contributed by atoms with Gasteiger partial charge in [0.05, 0.1) is 26.2 Å². The summed E-state index contributed by atoms with van der Waals surface area (Å²) in [5.41, 5.74) is 0. The summed E-state index contributed by atoms with van der Waals surface area (Å²) in [6, 6.07) is 0. The fourth-order valence-electron chi connectivity index (χ4n) is 5.61. The summed E-state index contributed by atoms with van der Waals surface area (Å²) in [7, 11) is 0. The summed E-state index contributed by atoms with van der Waals surface area (Å²) in [6.45, 7) is 10.6. The van der Waals surface area contributed by atoms with Crippen LogP contribution in [-0.4, -0.2) is 30.7 Å². The van der Waals surface area contributed by atoms with E-state index in [4.69, 9.17) is 0 Å². The van der Waals surface area contributed by atoms with E-state index in [1.54, 1.807) is 0 Å². The van der Waals surface area contributed by atoms with Crippen molar-refractivity contribution in [1.29, 1.82) is 0 Å². The molecular weight excluding hydrogens is 362 g/mol. The highest BCUT2D eigenvalue weighted by molar-refractivity contribution is 4.57. The highest BCUT2D eigenvalue weighted by Crippen LogP contribution is 2.23. The number of unbranched alkanes of at least 4 members (excludes halogenated alkanes) is 19. The summed E-state index contributed by atoms with van der Waals surface area (Å²) in [6.07, 6.45) is 33.9. The number of hydrogen-bond donors (Lipinski definition) is 0. The lowest BCUT2D eigenvalue weighted by Gasteiger charge is -2.34. The fourth-order valence-corrected chi connectivity index (χ4v) is 5.61. The molecule has 1 heteroatoms. The Hall–Kier alpha value is -0.0400. The molecule has 1 nitrogen and oxygen atoms in total. The van der Waals surface area contributed by atoms with Gasteiger partial charge in [-0.15, -0.1) is 0 Å². The van der Waals surface area contributed by atoms with Gasteiger partial charge < -0.3 is 4.48 Å². The van der Waals surface area contributed by atoms with Gasteiger partial charge in [-0.2, -0.15) is 0 Å². The van der Waals surface area contributed by atoms with E-state index in [0.717, 1.165) is 0 Å². The molecule has 30 heavy (non-hydrogen) atoms. The first-order chi connectivity index (χ1) is 14.8. The van der Waals surface area contributed by atoms with Crippen molar-refractivity contribution in [2.75, 3.05) is 26.2 Å². The Bertz CT molecular complexity index is 331. The van der Waals surface area contributed by atoms with E-state index >= 15 is 0 Å². The lowest BCUT2D eigenvalue weighted by molar-refractivity contribution is -0.917. The number of quaternary nitrogens is 1. The molecule has 0 aliphatic carbocycles. The molecule has 1 rings (SSSR count). The maximum Gasteiger partial charge on any atom is 0.0788 e. The molecule has 0 N–H and O–H groups in total. The first-order valence-corrected chi connectivity index (χ1v) is 14.7. The Morgan fingerprint density at radius 2 is 0.633 bits per heavy atom. The molecule has 0 radical (unpaired) electrons. The summed E-state index contributed by atoms with van der Waals surface area (Å²) < 4.78 is 1.49. The molecule has 0 atom stereocenters. The summed E-state index contributed by atoms with van der Waals surface area (Å²) in [4.78, 5) is 0. The fraction of sp³-hybridized carbons (Fsp3) is 1.00. The SMILES string of the molecule is CCCCCCCCCCCCC[N+]1(CCCCCCCCCCCC)CCCC1. The van der Waals surface area contributed by atoms with Crippen LogP contribution < -0.4 is 0 Å². The van der Waals surface area contributed by atoms with Gasteiger partial charge in [0.25, 0.3) is 0 Å². The molecule has 0 saturated carbocycles. The molecule has 180 valence electrons. The van der Waals surface area contributed by atoms with Crippen molar-refractivity contribution in [2.45, 2.75) is 162 Å². The van der Waals surface area contributed by atoms with Crippen LogP contribution >= 0.6 is 0 Å². The smallest absolute Gasteiger partial charge is 0.0788 e. The van der Waals surface area contributed by atoms with Crippen LogP contribution in [0.1, 0.15) is 162 Å². The lowest BCUT2D eigenvalue weighted by atomic mass is 10.1. The summed E-state index contributed by atoms with van der Waals surface area (Å²) in [5, 5.41) is 0. The van der Waals surface area contributed by atoms with Crippen LogP contribution in [0.2, 0.25) is 0 Å². The number of likely N-dealkylation sites (tertiary alicyclic amines) is 1. The van der Waals surface area contributed by atoms with Crippen molar-refractivity contribution >= 4 is 0 Å². The van der Waals surface area contributed by atoms with Gasteiger partial charge in [0.1, 0.15) is 0 Å². The zero-order valence-electron chi connectivity index (χ0n) is 21.5. The van der Waals surface area contributed by atoms with Crippen molar-refractivity contribution in [3.63, 3.8) is 0 Å². The molecule has 0 amide bonds. The average Bonchev–Trinajstić information content (AvgIpc) is 3.22. The van der Waals surface area contributed by atoms with Gasteiger partial charge in [0, 0.05) is 12.8 Å². The van der Waals surface area contributed by atoms with Crippen LogP contribution in [-0.2, 0) is 0 Å². The standard InChI is InChI=1S/C29H60N/c1-3-5-7-9-11-13-15-17-19-21-23-27-30(28-24-25-29-30)26-22-20-18-16-14-12-10-8-6-4-2/h3-29H2,1-2H3/q+1. The van der Waals surface area contributed by atoms with E-state index in [9.17, 15) is 0 Å². The largest absolute Gasteiger partial charge is 0.324 e. The maximum absolute atomic E-state index is 2.31. The quantitative estimate of drug-likeness (QED) is 0.113. The van der Waals surface area contributed by atoms with Crippen molar-refractivity contribution in [3.8, 4) is 0 Å². The van der Waals surface area contributed by atoms with Crippen molar-refractivity contribution in [3.05, 3.63) is 0 Å². The third-order valence-corrected chi connectivity index (χ3v) is 7.74. The molecule has 1 saturated heterocycles. The Labute approximate surface area is 192 Å². The molecule has 0 spiro atoms. The van der Waals surface area contributed by atoms with Gasteiger partial charge in [-0.1, -0.05) is 123 Å². The Kier molecular flexibility index (Phi) is 19.4. The van der Waals surface area contributed by atoms with Crippen LogP contribution in [0, 0.1) is 0 Å². The zero-order chi connectivity index (χ0) is 21.6. The second kappa shape index (κ2) is 20.8. The molecular formula is C29H60N+. The van der Waals surface area contributed by atoms with Crippen LogP contribution in [0.25, 0.3) is 0 Å². The zero-order valence-corrected chi connectivity index (χ0v) is 21.5. The van der Waals surface area contributed by atoms with Gasteiger partial charge in [0.15, 0.2) is 0 Å². The van der Waals surface area contributed by atoms with Crippen LogP contribution in [0.3, 0.4) is 0 Å². The van der Waals surface area contributed by atoms with Gasteiger partial charge in [-0.3, -0.25) is 0 Å². The minimum Gasteiger partial charge on any atom is -0.324 e. The van der Waals surface area contributed by atoms with E-state index in [1.807, 2.05) is 0 Å². The topological polar surface area (TPSA) is 0 Å². The minimum absolute atomic E-state index is 1.37. The van der Waals surface area contributed by atoms with E-state index in [0.29, 0.717) is 0 Å². The van der Waals surface area contributed by atoms with Crippen molar-refractivity contribution in [2.24, 2.45) is 0 Å². The van der Waals surface area contributed by atoms with Crippen LogP contribution in [0.15, 0.2) is 0 Å². The van der Waals surface area contributed by atoms with Gasteiger partial charge in [-0.25, -0.2) is 0 Å². The van der Waals surface area contributed by atoms with Crippen LogP contribution in [0.5, 0.6) is 0 Å². The normalized spacial score (nSPS) is 15.8. The van der Waals surface area contributed by atoms with Crippen molar-refractivity contribution < 1.29 is 4.48 Å². The summed E-state index contributed by atoms with van der Waals surface area (Å²) >= 11 is 0. The average molecular weight is 423 g/mol. The Morgan fingerprint density at radius 1 is 0.367 bits per heavy atom. The molecule has 1 aliphatic heterocycles. The molecule has 1 heterocycles. The molecule has 1 fully saturated rings. The predicted octanol–water partition coefficient (Wildman–Crippen LogP) is 9.83. The number of nitrogens with zero attached hydrogens (tertiary/aromatic N) is 1.